The minimum atomic E-state index is -0.359. The van der Waals surface area contributed by atoms with Crippen molar-refractivity contribution in [3.8, 4) is 0 Å². The molecule has 2 atom stereocenters. The third-order valence-electron chi connectivity index (χ3n) is 2.40. The number of hydroxylamine groups is 1. The van der Waals surface area contributed by atoms with Crippen LogP contribution >= 0.6 is 0 Å². The van der Waals surface area contributed by atoms with Crippen LogP contribution in [0.1, 0.15) is 6.92 Å². The zero-order chi connectivity index (χ0) is 12.0. The summed E-state index contributed by atoms with van der Waals surface area (Å²) in [5.41, 5.74) is 3.95. The summed E-state index contributed by atoms with van der Waals surface area (Å²) in [6.07, 6.45) is 3.50. The normalized spacial score (nSPS) is 24.8. The zero-order valence-corrected chi connectivity index (χ0v) is 9.66. The van der Waals surface area contributed by atoms with Crippen molar-refractivity contribution in [3.63, 3.8) is 0 Å². The minimum absolute atomic E-state index is 0.0702. The number of rotatable bonds is 5. The maximum Gasteiger partial charge on any atom is 0.326 e. The van der Waals surface area contributed by atoms with Crippen LogP contribution in [-0.2, 0) is 14.4 Å². The van der Waals surface area contributed by atoms with Crippen LogP contribution in [0.5, 0.6) is 0 Å². The Morgan fingerprint density at radius 2 is 2.56 bits per heavy atom. The minimum Gasteiger partial charge on any atom is -0.468 e. The number of hydrogen-bond acceptors (Lipinski definition) is 5. The Kier molecular flexibility index (Phi) is 5.18. The fourth-order valence-corrected chi connectivity index (χ4v) is 1.46. The molecule has 0 aliphatic carbocycles. The van der Waals surface area contributed by atoms with Gasteiger partial charge in [0.1, 0.15) is 6.04 Å². The van der Waals surface area contributed by atoms with Crippen LogP contribution in [0, 0.1) is 0 Å². The van der Waals surface area contributed by atoms with Gasteiger partial charge in [-0.1, -0.05) is 17.7 Å². The second-order valence-corrected chi connectivity index (χ2v) is 3.59. The Hall–Kier alpha value is -1.17. The molecule has 0 saturated heterocycles. The van der Waals surface area contributed by atoms with E-state index in [1.807, 2.05) is 13.0 Å². The smallest absolute Gasteiger partial charge is 0.326 e. The highest BCUT2D eigenvalue weighted by Crippen LogP contribution is 2.09. The number of ether oxygens (including phenoxy) is 1. The third kappa shape index (κ3) is 3.44. The molecule has 2 unspecified atom stereocenters. The molecule has 1 aliphatic rings. The SMILES string of the molecule is C=CCONC1CNC(C(=O)OC)C=C1C. The van der Waals surface area contributed by atoms with Gasteiger partial charge in [0.05, 0.1) is 19.8 Å². The maximum atomic E-state index is 11.3. The molecule has 0 saturated carbocycles. The number of hydrogen-bond donors (Lipinski definition) is 2. The van der Waals surface area contributed by atoms with Crippen molar-refractivity contribution in [2.24, 2.45) is 0 Å². The number of esters is 1. The largest absolute Gasteiger partial charge is 0.468 e. The third-order valence-corrected chi connectivity index (χ3v) is 2.40. The van der Waals surface area contributed by atoms with E-state index in [-0.39, 0.29) is 18.1 Å². The van der Waals surface area contributed by atoms with E-state index in [1.54, 1.807) is 6.08 Å². The lowest BCUT2D eigenvalue weighted by atomic mass is 10.0. The quantitative estimate of drug-likeness (QED) is 0.302. The average molecular weight is 226 g/mol. The van der Waals surface area contributed by atoms with Crippen molar-refractivity contribution < 1.29 is 14.4 Å². The van der Waals surface area contributed by atoms with Crippen molar-refractivity contribution in [3.05, 3.63) is 24.3 Å². The first-order valence-corrected chi connectivity index (χ1v) is 5.16. The predicted octanol–water partition coefficient (Wildman–Crippen LogP) is 0.153. The van der Waals surface area contributed by atoms with Crippen molar-refractivity contribution in [2.45, 2.75) is 19.0 Å². The number of methoxy groups -OCH3 is 1. The Morgan fingerprint density at radius 3 is 3.12 bits per heavy atom. The lowest BCUT2D eigenvalue weighted by molar-refractivity contribution is -0.142. The van der Waals surface area contributed by atoms with E-state index in [4.69, 9.17) is 4.84 Å². The van der Waals surface area contributed by atoms with Gasteiger partial charge in [-0.15, -0.1) is 6.58 Å². The van der Waals surface area contributed by atoms with E-state index >= 15 is 0 Å². The lowest BCUT2D eigenvalue weighted by Gasteiger charge is -2.27. The zero-order valence-electron chi connectivity index (χ0n) is 9.66. The molecule has 0 fully saturated rings. The van der Waals surface area contributed by atoms with Crippen LogP contribution in [0.3, 0.4) is 0 Å². The fraction of sp³-hybridized carbons (Fsp3) is 0.545. The Balaban J connectivity index is 2.48. The average Bonchev–Trinajstić information content (AvgIpc) is 2.30. The summed E-state index contributed by atoms with van der Waals surface area (Å²) < 4.78 is 4.66. The summed E-state index contributed by atoms with van der Waals surface area (Å²) in [6.45, 7) is 6.58. The Morgan fingerprint density at radius 1 is 1.81 bits per heavy atom. The molecule has 0 radical (unpaired) electrons. The van der Waals surface area contributed by atoms with Gasteiger partial charge in [-0.25, -0.2) is 0 Å². The molecular weight excluding hydrogens is 208 g/mol. The maximum absolute atomic E-state index is 11.3. The van der Waals surface area contributed by atoms with Crippen LogP contribution in [0.4, 0.5) is 0 Å². The van der Waals surface area contributed by atoms with E-state index in [0.717, 1.165) is 5.57 Å². The lowest BCUT2D eigenvalue weighted by Crippen LogP contribution is -2.49. The molecule has 16 heavy (non-hydrogen) atoms. The van der Waals surface area contributed by atoms with Crippen LogP contribution in [-0.4, -0.2) is 38.3 Å². The van der Waals surface area contributed by atoms with Gasteiger partial charge in [-0.05, 0) is 6.92 Å². The van der Waals surface area contributed by atoms with Gasteiger partial charge in [-0.2, -0.15) is 5.48 Å². The molecule has 0 aromatic heterocycles. The molecule has 0 bridgehead atoms. The van der Waals surface area contributed by atoms with Crippen LogP contribution in [0.25, 0.3) is 0 Å². The standard InChI is InChI=1S/C11H18N2O3/c1-4-5-16-13-10-7-12-9(6-8(10)2)11(14)15-3/h4,6,9-10,12-13H,1,5,7H2,2-3H3. The van der Waals surface area contributed by atoms with Crippen LogP contribution < -0.4 is 10.8 Å². The Labute approximate surface area is 95.4 Å². The second-order valence-electron chi connectivity index (χ2n) is 3.59. The number of carbonyl (C=O) groups excluding carboxylic acids is 1. The van der Waals surface area contributed by atoms with Crippen LogP contribution in [0.15, 0.2) is 24.3 Å². The summed E-state index contributed by atoms with van der Waals surface area (Å²) in [6, 6.07) is -0.289. The summed E-state index contributed by atoms with van der Waals surface area (Å²) in [4.78, 5) is 16.4. The number of nitrogens with one attached hydrogen (secondary N) is 2. The summed E-state index contributed by atoms with van der Waals surface area (Å²) in [7, 11) is 1.38. The number of carbonyl (C=O) groups is 1. The van der Waals surface area contributed by atoms with Gasteiger partial charge in [0.15, 0.2) is 0 Å². The first-order valence-electron chi connectivity index (χ1n) is 5.16. The van der Waals surface area contributed by atoms with Crippen molar-refractivity contribution in [1.29, 1.82) is 0 Å². The molecular formula is C11H18N2O3. The van der Waals surface area contributed by atoms with E-state index < -0.39 is 0 Å². The van der Waals surface area contributed by atoms with E-state index in [2.05, 4.69) is 22.1 Å². The van der Waals surface area contributed by atoms with Crippen molar-refractivity contribution >= 4 is 5.97 Å². The van der Waals surface area contributed by atoms with Gasteiger partial charge in [0.2, 0.25) is 0 Å². The van der Waals surface area contributed by atoms with E-state index in [1.165, 1.54) is 7.11 Å². The van der Waals surface area contributed by atoms with Gasteiger partial charge in [0, 0.05) is 6.54 Å². The fourth-order valence-electron chi connectivity index (χ4n) is 1.46. The van der Waals surface area contributed by atoms with Crippen molar-refractivity contribution in [1.82, 2.24) is 10.8 Å². The molecule has 0 spiro atoms. The van der Waals surface area contributed by atoms with Crippen LogP contribution in [0.2, 0.25) is 0 Å². The van der Waals surface area contributed by atoms with Gasteiger partial charge in [-0.3, -0.25) is 14.9 Å². The predicted molar refractivity (Wildman–Crippen MR) is 60.6 cm³/mol. The second kappa shape index (κ2) is 6.42. The highest BCUT2D eigenvalue weighted by Gasteiger charge is 2.24. The first-order chi connectivity index (χ1) is 7.69. The van der Waals surface area contributed by atoms with E-state index in [0.29, 0.717) is 13.2 Å². The van der Waals surface area contributed by atoms with Gasteiger partial charge >= 0.3 is 5.97 Å². The Bertz CT molecular complexity index is 289. The summed E-state index contributed by atoms with van der Waals surface area (Å²) in [5.74, 6) is -0.273. The molecule has 1 rings (SSSR count). The van der Waals surface area contributed by atoms with Gasteiger partial charge in [0.25, 0.3) is 0 Å². The highest BCUT2D eigenvalue weighted by atomic mass is 16.6. The molecule has 1 aliphatic heterocycles. The van der Waals surface area contributed by atoms with Crippen molar-refractivity contribution in [2.75, 3.05) is 20.3 Å². The summed E-state index contributed by atoms with van der Waals surface area (Å²) in [5, 5.41) is 3.06. The highest BCUT2D eigenvalue weighted by molar-refractivity contribution is 5.78. The molecule has 5 heteroatoms. The molecule has 0 amide bonds. The topological polar surface area (TPSA) is 59.6 Å². The molecule has 0 aromatic rings. The molecule has 90 valence electrons. The monoisotopic (exact) mass is 226 g/mol. The molecule has 1 heterocycles. The molecule has 0 aromatic carbocycles. The summed E-state index contributed by atoms with van der Waals surface area (Å²) >= 11 is 0. The van der Waals surface area contributed by atoms with Gasteiger partial charge < -0.3 is 4.74 Å². The van der Waals surface area contributed by atoms with E-state index in [9.17, 15) is 4.79 Å². The molecule has 2 N–H and O–H groups in total. The first kappa shape index (κ1) is 12.9. The molecule has 5 nitrogen and oxygen atoms in total.